The average Bonchev–Trinajstić information content (AvgIpc) is 2.79. The fourth-order valence-electron chi connectivity index (χ4n) is 3.96. The van der Waals surface area contributed by atoms with Crippen LogP contribution in [0.4, 0.5) is 13.2 Å². The van der Waals surface area contributed by atoms with Crippen molar-refractivity contribution in [3.8, 4) is 0 Å². The molecule has 180 valence electrons. The van der Waals surface area contributed by atoms with Gasteiger partial charge in [-0.2, -0.15) is 17.5 Å². The largest absolute Gasteiger partial charge is 0.416 e. The highest BCUT2D eigenvalue weighted by atomic mass is 32.2. The van der Waals surface area contributed by atoms with E-state index in [1.165, 1.54) is 0 Å². The number of hydrogen-bond donors (Lipinski definition) is 1. The van der Waals surface area contributed by atoms with Crippen molar-refractivity contribution in [2.75, 3.05) is 33.7 Å². The molecule has 2 aromatic carbocycles. The number of amides is 1. The van der Waals surface area contributed by atoms with Crippen molar-refractivity contribution in [2.24, 2.45) is 5.92 Å². The molecule has 1 saturated heterocycles. The zero-order chi connectivity index (χ0) is 24.2. The molecule has 1 aliphatic heterocycles. The molecule has 0 saturated carbocycles. The molecule has 0 spiro atoms. The molecule has 1 aliphatic rings. The molecule has 6 nitrogen and oxygen atoms in total. The lowest BCUT2D eigenvalue weighted by Gasteiger charge is -2.31. The third kappa shape index (κ3) is 6.13. The zero-order valence-electron chi connectivity index (χ0n) is 18.5. The van der Waals surface area contributed by atoms with Gasteiger partial charge < -0.3 is 10.2 Å². The van der Waals surface area contributed by atoms with Gasteiger partial charge in [0, 0.05) is 25.6 Å². The number of rotatable bonds is 7. The fraction of sp³-hybridized carbons (Fsp3) is 0.435. The molecule has 33 heavy (non-hydrogen) atoms. The van der Waals surface area contributed by atoms with Gasteiger partial charge in [0.05, 0.1) is 16.5 Å². The van der Waals surface area contributed by atoms with E-state index in [9.17, 15) is 26.4 Å². The number of carbonyl (C=O) groups excluding carboxylic acids is 1. The summed E-state index contributed by atoms with van der Waals surface area (Å²) in [5, 5.41) is 2.97. The van der Waals surface area contributed by atoms with Gasteiger partial charge >= 0.3 is 6.18 Å². The Kier molecular flexibility index (Phi) is 7.81. The Bertz CT molecular complexity index is 1050. The molecule has 0 aromatic heterocycles. The number of nitrogens with one attached hydrogen (secondary N) is 1. The molecule has 0 aliphatic carbocycles. The first-order valence-electron chi connectivity index (χ1n) is 10.7. The van der Waals surface area contributed by atoms with Crippen LogP contribution in [0.1, 0.15) is 30.0 Å². The number of hydrogen-bond acceptors (Lipinski definition) is 4. The summed E-state index contributed by atoms with van der Waals surface area (Å²) in [5.41, 5.74) is 0.0662. The number of carbonyl (C=O) groups is 1. The van der Waals surface area contributed by atoms with Gasteiger partial charge in [0.1, 0.15) is 0 Å². The van der Waals surface area contributed by atoms with Crippen LogP contribution in [0, 0.1) is 5.92 Å². The predicted molar refractivity (Wildman–Crippen MR) is 119 cm³/mol. The molecular formula is C23H28F3N3O3S. The minimum Gasteiger partial charge on any atom is -0.354 e. The van der Waals surface area contributed by atoms with Gasteiger partial charge in [0.2, 0.25) is 15.9 Å². The summed E-state index contributed by atoms with van der Waals surface area (Å²) in [6.07, 6.45) is -4.01. The monoisotopic (exact) mass is 483 g/mol. The van der Waals surface area contributed by atoms with Crippen LogP contribution in [0.15, 0.2) is 59.5 Å². The maximum Gasteiger partial charge on any atom is 0.416 e. The van der Waals surface area contributed by atoms with Gasteiger partial charge in [-0.3, -0.25) is 4.79 Å². The summed E-state index contributed by atoms with van der Waals surface area (Å²) in [4.78, 5) is 14.3. The number of nitrogens with zero attached hydrogens (tertiary/aromatic N) is 2. The van der Waals surface area contributed by atoms with Gasteiger partial charge in [-0.1, -0.05) is 36.4 Å². The van der Waals surface area contributed by atoms with Crippen molar-refractivity contribution in [1.29, 1.82) is 0 Å². The van der Waals surface area contributed by atoms with Crippen LogP contribution < -0.4 is 5.32 Å². The van der Waals surface area contributed by atoms with Crippen molar-refractivity contribution in [3.63, 3.8) is 0 Å². The lowest BCUT2D eigenvalue weighted by Crippen LogP contribution is -2.44. The second-order valence-electron chi connectivity index (χ2n) is 8.34. The van der Waals surface area contributed by atoms with Crippen LogP contribution in [0.25, 0.3) is 0 Å². The minimum atomic E-state index is -4.62. The molecule has 0 radical (unpaired) electrons. The number of likely N-dealkylation sites (N-methyl/N-ethyl adjacent to an activating group) is 1. The third-order valence-electron chi connectivity index (χ3n) is 5.90. The van der Waals surface area contributed by atoms with E-state index in [-0.39, 0.29) is 31.0 Å². The summed E-state index contributed by atoms with van der Waals surface area (Å²) < 4.78 is 65.7. The van der Waals surface area contributed by atoms with E-state index in [4.69, 9.17) is 0 Å². The molecule has 1 heterocycles. The standard InChI is InChI=1S/C23H28F3N3O3S/c1-28(2)21(17-7-4-3-5-8-17)16-27-22(30)18-11-13-29(14-12-18)33(31,32)20-10-6-9-19(15-20)23(24,25)26/h3-10,15,18,21H,11-14,16H2,1-2H3,(H,27,30)/t21-/m0/s1. The van der Waals surface area contributed by atoms with E-state index in [2.05, 4.69) is 5.32 Å². The number of alkyl halides is 3. The SMILES string of the molecule is CN(C)[C@@H](CNC(=O)C1CCN(S(=O)(=O)c2cccc(C(F)(F)F)c2)CC1)c1ccccc1. The lowest BCUT2D eigenvalue weighted by atomic mass is 9.97. The molecule has 2 aromatic rings. The molecule has 0 unspecified atom stereocenters. The van der Waals surface area contributed by atoms with Gasteiger partial charge in [0.15, 0.2) is 0 Å². The van der Waals surface area contributed by atoms with Crippen LogP contribution in [-0.4, -0.2) is 57.3 Å². The number of sulfonamides is 1. The summed E-state index contributed by atoms with van der Waals surface area (Å²) in [6, 6.07) is 13.5. The molecule has 10 heteroatoms. The molecule has 3 rings (SSSR count). The second kappa shape index (κ2) is 10.2. The van der Waals surface area contributed by atoms with Crippen molar-refractivity contribution < 1.29 is 26.4 Å². The first-order valence-corrected chi connectivity index (χ1v) is 12.1. The first kappa shape index (κ1) is 25.2. The van der Waals surface area contributed by atoms with Crippen LogP contribution in [-0.2, 0) is 21.0 Å². The van der Waals surface area contributed by atoms with Gasteiger partial charge in [0.25, 0.3) is 0 Å². The molecule has 1 N–H and O–H groups in total. The smallest absolute Gasteiger partial charge is 0.354 e. The Morgan fingerprint density at radius 2 is 1.73 bits per heavy atom. The third-order valence-corrected chi connectivity index (χ3v) is 7.80. The van der Waals surface area contributed by atoms with E-state index < -0.39 is 26.7 Å². The second-order valence-corrected chi connectivity index (χ2v) is 10.3. The van der Waals surface area contributed by atoms with Gasteiger partial charge in [-0.25, -0.2) is 8.42 Å². The van der Waals surface area contributed by atoms with E-state index >= 15 is 0 Å². The lowest BCUT2D eigenvalue weighted by molar-refractivity contribution is -0.137. The highest BCUT2D eigenvalue weighted by molar-refractivity contribution is 7.89. The normalized spacial score (nSPS) is 17.2. The average molecular weight is 484 g/mol. The van der Waals surface area contributed by atoms with E-state index in [1.807, 2.05) is 49.3 Å². The Hall–Kier alpha value is -2.43. The van der Waals surface area contributed by atoms with Crippen molar-refractivity contribution >= 4 is 15.9 Å². The zero-order valence-corrected chi connectivity index (χ0v) is 19.4. The predicted octanol–water partition coefficient (Wildman–Crippen LogP) is 3.53. The Morgan fingerprint density at radius 1 is 1.09 bits per heavy atom. The highest BCUT2D eigenvalue weighted by Crippen LogP contribution is 2.32. The number of piperidine rings is 1. The topological polar surface area (TPSA) is 69.7 Å². The number of benzene rings is 2. The van der Waals surface area contributed by atoms with E-state index in [0.29, 0.717) is 25.5 Å². The first-order chi connectivity index (χ1) is 15.5. The Balaban J connectivity index is 1.59. The van der Waals surface area contributed by atoms with Crippen LogP contribution in [0.5, 0.6) is 0 Å². The maximum atomic E-state index is 13.0. The van der Waals surface area contributed by atoms with Crippen molar-refractivity contribution in [2.45, 2.75) is 30.0 Å². The van der Waals surface area contributed by atoms with Gasteiger partial charge in [-0.05, 0) is 50.7 Å². The summed E-state index contributed by atoms with van der Waals surface area (Å²) >= 11 is 0. The molecule has 1 amide bonds. The minimum absolute atomic E-state index is 0.00322. The Labute approximate surface area is 192 Å². The quantitative estimate of drug-likeness (QED) is 0.654. The van der Waals surface area contributed by atoms with Crippen molar-refractivity contribution in [1.82, 2.24) is 14.5 Å². The van der Waals surface area contributed by atoms with Gasteiger partial charge in [-0.15, -0.1) is 0 Å². The molecule has 1 atom stereocenters. The fourth-order valence-corrected chi connectivity index (χ4v) is 5.47. The van der Waals surface area contributed by atoms with Crippen molar-refractivity contribution in [3.05, 3.63) is 65.7 Å². The van der Waals surface area contributed by atoms with Crippen LogP contribution >= 0.6 is 0 Å². The van der Waals surface area contributed by atoms with Crippen LogP contribution in [0.2, 0.25) is 0 Å². The highest BCUT2D eigenvalue weighted by Gasteiger charge is 2.35. The number of halogens is 3. The Morgan fingerprint density at radius 3 is 2.30 bits per heavy atom. The van der Waals surface area contributed by atoms with E-state index in [0.717, 1.165) is 28.1 Å². The molecular weight excluding hydrogens is 455 g/mol. The molecule has 1 fully saturated rings. The summed E-state index contributed by atoms with van der Waals surface area (Å²) in [5.74, 6) is -0.495. The van der Waals surface area contributed by atoms with Crippen LogP contribution in [0.3, 0.4) is 0 Å². The maximum absolute atomic E-state index is 13.0. The summed E-state index contributed by atoms with van der Waals surface area (Å²) in [6.45, 7) is 0.567. The van der Waals surface area contributed by atoms with E-state index in [1.54, 1.807) is 0 Å². The summed E-state index contributed by atoms with van der Waals surface area (Å²) in [7, 11) is -0.209. The molecule has 0 bridgehead atoms.